The summed E-state index contributed by atoms with van der Waals surface area (Å²) in [6.07, 6.45) is 2.05. The summed E-state index contributed by atoms with van der Waals surface area (Å²) in [5.41, 5.74) is -0.519. The molecule has 0 fully saturated rings. The molecule has 1 aromatic heterocycles. The van der Waals surface area contributed by atoms with E-state index < -0.39 is 11.7 Å². The van der Waals surface area contributed by atoms with Crippen LogP contribution in [0.25, 0.3) is 0 Å². The van der Waals surface area contributed by atoms with Gasteiger partial charge in [0.15, 0.2) is 0 Å². The number of furan rings is 1. The van der Waals surface area contributed by atoms with Gasteiger partial charge in [0.05, 0.1) is 12.3 Å². The SMILES string of the molecule is CN(C)C(CNC(=O)CCCNC(=O)OC(C)(C)C)c1ccco1. The van der Waals surface area contributed by atoms with E-state index in [1.165, 1.54) is 0 Å². The predicted molar refractivity (Wildman–Crippen MR) is 91.6 cm³/mol. The third-order valence-corrected chi connectivity index (χ3v) is 3.24. The van der Waals surface area contributed by atoms with Crippen molar-refractivity contribution in [1.82, 2.24) is 15.5 Å². The van der Waals surface area contributed by atoms with Crippen molar-refractivity contribution in [3.63, 3.8) is 0 Å². The van der Waals surface area contributed by atoms with Crippen molar-refractivity contribution >= 4 is 12.0 Å². The van der Waals surface area contributed by atoms with Gasteiger partial charge >= 0.3 is 6.09 Å². The molecule has 2 amide bonds. The summed E-state index contributed by atoms with van der Waals surface area (Å²) in [5.74, 6) is 0.756. The molecule has 7 nitrogen and oxygen atoms in total. The number of amides is 2. The van der Waals surface area contributed by atoms with Crippen LogP contribution in [0.3, 0.4) is 0 Å². The van der Waals surface area contributed by atoms with Crippen molar-refractivity contribution in [2.45, 2.75) is 45.3 Å². The minimum atomic E-state index is -0.519. The number of alkyl carbamates (subject to hydrolysis) is 1. The number of likely N-dealkylation sites (N-methyl/N-ethyl adjacent to an activating group) is 1. The largest absolute Gasteiger partial charge is 0.468 e. The molecule has 0 aliphatic rings. The first-order chi connectivity index (χ1) is 11.2. The van der Waals surface area contributed by atoms with Gasteiger partial charge in [-0.05, 0) is 53.4 Å². The van der Waals surface area contributed by atoms with Gasteiger partial charge in [-0.1, -0.05) is 0 Å². The van der Waals surface area contributed by atoms with Crippen LogP contribution in [0.15, 0.2) is 22.8 Å². The van der Waals surface area contributed by atoms with E-state index in [4.69, 9.17) is 9.15 Å². The number of carbonyl (C=O) groups excluding carboxylic acids is 2. The summed E-state index contributed by atoms with van der Waals surface area (Å²) in [6, 6.07) is 3.71. The molecule has 0 spiro atoms. The monoisotopic (exact) mass is 339 g/mol. The number of rotatable bonds is 8. The summed E-state index contributed by atoms with van der Waals surface area (Å²) in [5, 5.41) is 5.53. The average Bonchev–Trinajstić information content (AvgIpc) is 2.95. The highest BCUT2D eigenvalue weighted by Gasteiger charge is 2.18. The smallest absolute Gasteiger partial charge is 0.407 e. The second-order valence-corrected chi connectivity index (χ2v) is 6.83. The lowest BCUT2D eigenvalue weighted by molar-refractivity contribution is -0.121. The molecule has 0 aromatic carbocycles. The molecule has 1 atom stereocenters. The van der Waals surface area contributed by atoms with Crippen molar-refractivity contribution in [3.05, 3.63) is 24.2 Å². The molecule has 1 aromatic rings. The zero-order valence-electron chi connectivity index (χ0n) is 15.2. The Morgan fingerprint density at radius 1 is 1.29 bits per heavy atom. The van der Waals surface area contributed by atoms with E-state index in [2.05, 4.69) is 10.6 Å². The molecule has 0 radical (unpaired) electrons. The van der Waals surface area contributed by atoms with Gasteiger partial charge in [-0.2, -0.15) is 0 Å². The molecule has 0 bridgehead atoms. The summed E-state index contributed by atoms with van der Waals surface area (Å²) in [6.45, 7) is 6.29. The summed E-state index contributed by atoms with van der Waals surface area (Å²) >= 11 is 0. The van der Waals surface area contributed by atoms with Gasteiger partial charge in [-0.25, -0.2) is 4.79 Å². The zero-order valence-corrected chi connectivity index (χ0v) is 15.2. The predicted octanol–water partition coefficient (Wildman–Crippen LogP) is 2.30. The molecule has 0 saturated carbocycles. The standard InChI is InChI=1S/C17H29N3O4/c1-17(2,3)24-16(22)18-10-6-9-15(21)19-12-13(20(4)5)14-8-7-11-23-14/h7-8,11,13H,6,9-10,12H2,1-5H3,(H,18,22)(H,19,21). The van der Waals surface area contributed by atoms with E-state index in [9.17, 15) is 9.59 Å². The van der Waals surface area contributed by atoms with Gasteiger partial charge in [0.2, 0.25) is 5.91 Å². The minimum absolute atomic E-state index is 0.0103. The Kier molecular flexibility index (Phi) is 7.78. The van der Waals surface area contributed by atoms with E-state index in [-0.39, 0.29) is 11.9 Å². The minimum Gasteiger partial charge on any atom is -0.468 e. The van der Waals surface area contributed by atoms with Crippen LogP contribution in [0.1, 0.15) is 45.4 Å². The molecule has 2 N–H and O–H groups in total. The maximum Gasteiger partial charge on any atom is 0.407 e. The van der Waals surface area contributed by atoms with Crippen molar-refractivity contribution in [2.24, 2.45) is 0 Å². The Morgan fingerprint density at radius 2 is 2.00 bits per heavy atom. The number of hydrogen-bond donors (Lipinski definition) is 2. The van der Waals surface area contributed by atoms with E-state index in [0.717, 1.165) is 5.76 Å². The van der Waals surface area contributed by atoms with E-state index in [1.807, 2.05) is 31.1 Å². The topological polar surface area (TPSA) is 83.8 Å². The summed E-state index contributed by atoms with van der Waals surface area (Å²) < 4.78 is 10.5. The van der Waals surface area contributed by atoms with Crippen molar-refractivity contribution < 1.29 is 18.7 Å². The highest BCUT2D eigenvalue weighted by Crippen LogP contribution is 2.17. The van der Waals surface area contributed by atoms with Gasteiger partial charge in [-0.3, -0.25) is 9.69 Å². The van der Waals surface area contributed by atoms with Crippen LogP contribution >= 0.6 is 0 Å². The normalized spacial score (nSPS) is 12.8. The highest BCUT2D eigenvalue weighted by molar-refractivity contribution is 5.76. The van der Waals surface area contributed by atoms with Gasteiger partial charge in [0, 0.05) is 19.5 Å². The average molecular weight is 339 g/mol. The van der Waals surface area contributed by atoms with Crippen molar-refractivity contribution in [2.75, 3.05) is 27.2 Å². The van der Waals surface area contributed by atoms with Crippen LogP contribution in [0, 0.1) is 0 Å². The number of nitrogens with one attached hydrogen (secondary N) is 2. The lowest BCUT2D eigenvalue weighted by Gasteiger charge is -2.22. The summed E-state index contributed by atoms with van der Waals surface area (Å²) in [7, 11) is 3.87. The van der Waals surface area contributed by atoms with Crippen LogP contribution in [-0.2, 0) is 9.53 Å². The summed E-state index contributed by atoms with van der Waals surface area (Å²) in [4.78, 5) is 25.4. The molecule has 0 saturated heterocycles. The lowest BCUT2D eigenvalue weighted by Crippen LogP contribution is -2.35. The molecule has 24 heavy (non-hydrogen) atoms. The fraction of sp³-hybridized carbons (Fsp3) is 0.647. The van der Waals surface area contributed by atoms with E-state index in [1.54, 1.807) is 27.0 Å². The Labute approximate surface area is 143 Å². The first-order valence-corrected chi connectivity index (χ1v) is 8.12. The third kappa shape index (κ3) is 8.01. The third-order valence-electron chi connectivity index (χ3n) is 3.24. The molecule has 0 aliphatic heterocycles. The van der Waals surface area contributed by atoms with E-state index >= 15 is 0 Å². The molecule has 1 rings (SSSR count). The number of carbonyl (C=O) groups is 2. The molecule has 0 aliphatic carbocycles. The van der Waals surface area contributed by atoms with E-state index in [0.29, 0.717) is 25.9 Å². The lowest BCUT2D eigenvalue weighted by atomic mass is 10.2. The zero-order chi connectivity index (χ0) is 18.2. The van der Waals surface area contributed by atoms with Gasteiger partial charge < -0.3 is 19.8 Å². The van der Waals surface area contributed by atoms with Crippen LogP contribution in [0.2, 0.25) is 0 Å². The highest BCUT2D eigenvalue weighted by atomic mass is 16.6. The van der Waals surface area contributed by atoms with Crippen molar-refractivity contribution in [3.8, 4) is 0 Å². The molecular formula is C17H29N3O4. The number of ether oxygens (including phenoxy) is 1. The maximum atomic E-state index is 11.9. The molecule has 7 heteroatoms. The van der Waals surface area contributed by atoms with Crippen LogP contribution < -0.4 is 10.6 Å². The Hall–Kier alpha value is -2.02. The van der Waals surface area contributed by atoms with Gasteiger partial charge in [0.25, 0.3) is 0 Å². The van der Waals surface area contributed by atoms with Crippen LogP contribution in [0.5, 0.6) is 0 Å². The Morgan fingerprint density at radius 3 is 2.54 bits per heavy atom. The molecular weight excluding hydrogens is 310 g/mol. The van der Waals surface area contributed by atoms with Crippen LogP contribution in [-0.4, -0.2) is 49.7 Å². The van der Waals surface area contributed by atoms with Gasteiger partial charge in [-0.15, -0.1) is 0 Å². The Balaban J connectivity index is 2.23. The second-order valence-electron chi connectivity index (χ2n) is 6.83. The first kappa shape index (κ1) is 20.0. The fourth-order valence-corrected chi connectivity index (χ4v) is 2.07. The molecule has 136 valence electrons. The number of nitrogens with zero attached hydrogens (tertiary/aromatic N) is 1. The second kappa shape index (κ2) is 9.32. The molecule has 1 heterocycles. The number of hydrogen-bond acceptors (Lipinski definition) is 5. The van der Waals surface area contributed by atoms with Gasteiger partial charge in [0.1, 0.15) is 11.4 Å². The van der Waals surface area contributed by atoms with Crippen LogP contribution in [0.4, 0.5) is 4.79 Å². The molecule has 1 unspecified atom stereocenters. The first-order valence-electron chi connectivity index (χ1n) is 8.12. The Bertz CT molecular complexity index is 506. The fourth-order valence-electron chi connectivity index (χ4n) is 2.07. The quantitative estimate of drug-likeness (QED) is 0.710. The van der Waals surface area contributed by atoms with Crippen molar-refractivity contribution in [1.29, 1.82) is 0 Å². The maximum absolute atomic E-state index is 11.9.